The van der Waals surface area contributed by atoms with E-state index in [2.05, 4.69) is 4.72 Å². The van der Waals surface area contributed by atoms with Crippen LogP contribution in [0.25, 0.3) is 0 Å². The van der Waals surface area contributed by atoms with Gasteiger partial charge >= 0.3 is 0 Å². The van der Waals surface area contributed by atoms with E-state index in [1.807, 2.05) is 13.8 Å². The number of aliphatic hydroxyl groups is 1. The predicted molar refractivity (Wildman–Crippen MR) is 71.7 cm³/mol. The minimum absolute atomic E-state index is 0.152. The molecule has 0 aromatic heterocycles. The Bertz CT molecular complexity index is 495. The summed E-state index contributed by atoms with van der Waals surface area (Å²) in [4.78, 5) is 0.248. The second kappa shape index (κ2) is 6.31. The number of sulfonamides is 1. The fourth-order valence-electron chi connectivity index (χ4n) is 1.68. The van der Waals surface area contributed by atoms with Crippen molar-refractivity contribution < 1.29 is 13.5 Å². The van der Waals surface area contributed by atoms with E-state index in [4.69, 9.17) is 5.11 Å². The van der Waals surface area contributed by atoms with Crippen LogP contribution in [0.15, 0.2) is 23.1 Å². The zero-order valence-corrected chi connectivity index (χ0v) is 11.9. The predicted octanol–water partition coefficient (Wildman–Crippen LogP) is 1.81. The van der Waals surface area contributed by atoms with Crippen molar-refractivity contribution >= 4 is 10.0 Å². The molecule has 4 nitrogen and oxygen atoms in total. The molecule has 1 rings (SSSR count). The molecule has 0 amide bonds. The smallest absolute Gasteiger partial charge is 0.240 e. The number of hydrogen-bond acceptors (Lipinski definition) is 3. The maximum absolute atomic E-state index is 12.1. The lowest BCUT2D eigenvalue weighted by Crippen LogP contribution is -2.26. The van der Waals surface area contributed by atoms with Gasteiger partial charge < -0.3 is 5.11 Å². The quantitative estimate of drug-likeness (QED) is 0.829. The summed E-state index contributed by atoms with van der Waals surface area (Å²) in [6.07, 6.45) is 0.804. The largest absolute Gasteiger partial charge is 0.392 e. The Morgan fingerprint density at radius 1 is 1.33 bits per heavy atom. The Morgan fingerprint density at radius 3 is 2.56 bits per heavy atom. The maximum Gasteiger partial charge on any atom is 0.240 e. The molecule has 0 aliphatic carbocycles. The molecule has 0 unspecified atom stereocenters. The van der Waals surface area contributed by atoms with Crippen LogP contribution in [0.5, 0.6) is 0 Å². The fourth-order valence-corrected chi connectivity index (χ4v) is 3.02. The van der Waals surface area contributed by atoms with Gasteiger partial charge in [0.2, 0.25) is 10.0 Å². The Morgan fingerprint density at radius 2 is 2.00 bits per heavy atom. The topological polar surface area (TPSA) is 66.4 Å². The summed E-state index contributed by atoms with van der Waals surface area (Å²) in [5.74, 6) is 0.456. The Balaban J connectivity index is 2.92. The van der Waals surface area contributed by atoms with Gasteiger partial charge in [-0.3, -0.25) is 0 Å². The van der Waals surface area contributed by atoms with Crippen LogP contribution < -0.4 is 4.72 Å². The lowest BCUT2D eigenvalue weighted by Gasteiger charge is -2.12. The van der Waals surface area contributed by atoms with E-state index in [1.54, 1.807) is 25.1 Å². The minimum atomic E-state index is -3.48. The first-order chi connectivity index (χ1) is 8.38. The molecule has 2 N–H and O–H groups in total. The molecular formula is C13H21NO3S. The van der Waals surface area contributed by atoms with Crippen LogP contribution in [0.2, 0.25) is 0 Å². The summed E-state index contributed by atoms with van der Waals surface area (Å²) >= 11 is 0. The molecule has 0 saturated heterocycles. The average molecular weight is 271 g/mol. The molecule has 0 aliphatic heterocycles. The van der Waals surface area contributed by atoms with E-state index in [-0.39, 0.29) is 11.5 Å². The zero-order chi connectivity index (χ0) is 13.8. The molecule has 0 heterocycles. The van der Waals surface area contributed by atoms with Crippen molar-refractivity contribution in [3.05, 3.63) is 29.3 Å². The van der Waals surface area contributed by atoms with Gasteiger partial charge in [0.05, 0.1) is 11.5 Å². The van der Waals surface area contributed by atoms with E-state index >= 15 is 0 Å². The van der Waals surface area contributed by atoms with Crippen molar-refractivity contribution in [2.24, 2.45) is 5.92 Å². The molecule has 18 heavy (non-hydrogen) atoms. The Hall–Kier alpha value is -0.910. The summed E-state index contributed by atoms with van der Waals surface area (Å²) in [5, 5.41) is 9.14. The maximum atomic E-state index is 12.1. The van der Waals surface area contributed by atoms with E-state index in [1.165, 1.54) is 0 Å². The monoisotopic (exact) mass is 271 g/mol. The fraction of sp³-hybridized carbons (Fsp3) is 0.538. The van der Waals surface area contributed by atoms with Crippen LogP contribution in [-0.2, 0) is 16.6 Å². The molecule has 0 aliphatic rings. The highest BCUT2D eigenvalue weighted by Gasteiger charge is 2.17. The van der Waals surface area contributed by atoms with Crippen molar-refractivity contribution in [2.75, 3.05) is 6.54 Å². The van der Waals surface area contributed by atoms with E-state index in [0.29, 0.717) is 23.6 Å². The lowest BCUT2D eigenvalue weighted by molar-refractivity contribution is 0.280. The second-order valence-corrected chi connectivity index (χ2v) is 6.51. The summed E-state index contributed by atoms with van der Waals surface area (Å²) in [6.45, 7) is 6.09. The van der Waals surface area contributed by atoms with Crippen molar-refractivity contribution in [1.29, 1.82) is 0 Å². The molecule has 0 radical (unpaired) electrons. The number of nitrogens with one attached hydrogen (secondary N) is 1. The van der Waals surface area contributed by atoms with Gasteiger partial charge in [0, 0.05) is 6.54 Å². The first-order valence-electron chi connectivity index (χ1n) is 6.07. The first kappa shape index (κ1) is 15.1. The normalized spacial score (nSPS) is 12.1. The van der Waals surface area contributed by atoms with Crippen molar-refractivity contribution in [2.45, 2.75) is 38.7 Å². The molecule has 102 valence electrons. The molecule has 5 heteroatoms. The van der Waals surface area contributed by atoms with Gasteiger partial charge in [0.1, 0.15) is 0 Å². The highest BCUT2D eigenvalue weighted by atomic mass is 32.2. The molecule has 0 atom stereocenters. The molecule has 1 aromatic carbocycles. The standard InChI is InChI=1S/C13H21NO3S/c1-10(2)7-8-14-18(16,17)13-6-4-5-12(9-15)11(13)3/h4-6,10,14-15H,7-9H2,1-3H3. The van der Waals surface area contributed by atoms with Crippen LogP contribution in [0.3, 0.4) is 0 Å². The third-order valence-corrected chi connectivity index (χ3v) is 4.48. The van der Waals surface area contributed by atoms with Gasteiger partial charge in [-0.05, 0) is 36.5 Å². The highest BCUT2D eigenvalue weighted by molar-refractivity contribution is 7.89. The molecular weight excluding hydrogens is 250 g/mol. The van der Waals surface area contributed by atoms with E-state index < -0.39 is 10.0 Å². The van der Waals surface area contributed by atoms with Crippen LogP contribution in [0.1, 0.15) is 31.4 Å². The number of aliphatic hydroxyl groups excluding tert-OH is 1. The Kier molecular flexibility index (Phi) is 5.31. The molecule has 0 spiro atoms. The second-order valence-electron chi connectivity index (χ2n) is 4.78. The number of hydrogen-bond donors (Lipinski definition) is 2. The zero-order valence-electron chi connectivity index (χ0n) is 11.1. The van der Waals surface area contributed by atoms with Crippen molar-refractivity contribution in [3.8, 4) is 0 Å². The highest BCUT2D eigenvalue weighted by Crippen LogP contribution is 2.18. The van der Waals surface area contributed by atoms with Crippen LogP contribution in [0.4, 0.5) is 0 Å². The average Bonchev–Trinajstić information content (AvgIpc) is 2.28. The van der Waals surface area contributed by atoms with Crippen LogP contribution in [0, 0.1) is 12.8 Å². The van der Waals surface area contributed by atoms with Gasteiger partial charge in [0.25, 0.3) is 0 Å². The van der Waals surface area contributed by atoms with E-state index in [9.17, 15) is 8.42 Å². The van der Waals surface area contributed by atoms with Gasteiger partial charge in [-0.2, -0.15) is 0 Å². The third kappa shape index (κ3) is 3.80. The van der Waals surface area contributed by atoms with Crippen LogP contribution >= 0.6 is 0 Å². The molecule has 0 saturated carbocycles. The SMILES string of the molecule is Cc1c(CO)cccc1S(=O)(=O)NCCC(C)C. The van der Waals surface area contributed by atoms with Gasteiger partial charge in [0.15, 0.2) is 0 Å². The third-order valence-electron chi connectivity index (χ3n) is 2.87. The lowest BCUT2D eigenvalue weighted by atomic mass is 10.1. The minimum Gasteiger partial charge on any atom is -0.392 e. The number of benzene rings is 1. The van der Waals surface area contributed by atoms with Crippen molar-refractivity contribution in [1.82, 2.24) is 4.72 Å². The first-order valence-corrected chi connectivity index (χ1v) is 7.56. The van der Waals surface area contributed by atoms with Crippen molar-refractivity contribution in [3.63, 3.8) is 0 Å². The van der Waals surface area contributed by atoms with Gasteiger partial charge in [-0.25, -0.2) is 13.1 Å². The summed E-state index contributed by atoms with van der Waals surface area (Å²) in [7, 11) is -3.48. The van der Waals surface area contributed by atoms with Gasteiger partial charge in [-0.1, -0.05) is 26.0 Å². The number of rotatable bonds is 6. The molecule has 0 bridgehead atoms. The summed E-state index contributed by atoms with van der Waals surface area (Å²) in [5.41, 5.74) is 1.25. The molecule has 0 fully saturated rings. The Labute approximate surface area is 109 Å². The van der Waals surface area contributed by atoms with Gasteiger partial charge in [-0.15, -0.1) is 0 Å². The van der Waals surface area contributed by atoms with E-state index in [0.717, 1.165) is 6.42 Å². The van der Waals surface area contributed by atoms with Crippen LogP contribution in [-0.4, -0.2) is 20.1 Å². The molecule has 1 aromatic rings. The summed E-state index contributed by atoms with van der Waals surface area (Å²) < 4.78 is 26.8. The summed E-state index contributed by atoms with van der Waals surface area (Å²) in [6, 6.07) is 4.93.